The van der Waals surface area contributed by atoms with Gasteiger partial charge < -0.3 is 19.9 Å². The van der Waals surface area contributed by atoms with E-state index in [0.717, 1.165) is 64.9 Å². The van der Waals surface area contributed by atoms with Crippen LogP contribution < -0.4 is 5.32 Å². The average Bonchev–Trinajstić information content (AvgIpc) is 3.14. The summed E-state index contributed by atoms with van der Waals surface area (Å²) in [5.74, 6) is 1.000. The molecule has 6 nitrogen and oxygen atoms in total. The highest BCUT2D eigenvalue weighted by atomic mass is 16.5. The van der Waals surface area contributed by atoms with E-state index < -0.39 is 0 Å². The van der Waals surface area contributed by atoms with Gasteiger partial charge in [0.05, 0.1) is 18.8 Å². The molecule has 0 radical (unpaired) electrons. The smallest absolute Gasteiger partial charge is 0.193 e. The molecule has 0 aromatic heterocycles. The van der Waals surface area contributed by atoms with E-state index in [2.05, 4.69) is 69.2 Å². The van der Waals surface area contributed by atoms with E-state index in [9.17, 15) is 0 Å². The summed E-state index contributed by atoms with van der Waals surface area (Å²) in [5.41, 5.74) is 1.37. The highest BCUT2D eigenvalue weighted by Crippen LogP contribution is 2.24. The Morgan fingerprint density at radius 2 is 2.00 bits per heavy atom. The van der Waals surface area contributed by atoms with Gasteiger partial charge in [0.15, 0.2) is 5.96 Å². The van der Waals surface area contributed by atoms with Gasteiger partial charge in [0, 0.05) is 46.3 Å². The maximum atomic E-state index is 6.10. The standard InChI is InChI=1S/C21H35N5O/c1-4-24(5-2)12-11-23-21(22-3)26-16-19-20(17-26)27-14-13-25(19)15-18-9-7-6-8-10-18/h6-10,19-20H,4-5,11-17H2,1-3H3,(H,22,23). The summed E-state index contributed by atoms with van der Waals surface area (Å²) in [5, 5.41) is 3.54. The molecular formula is C21H35N5O. The number of nitrogens with one attached hydrogen (secondary N) is 1. The molecule has 0 aliphatic carbocycles. The molecule has 27 heavy (non-hydrogen) atoms. The van der Waals surface area contributed by atoms with Crippen LogP contribution in [0.25, 0.3) is 0 Å². The molecule has 1 aromatic carbocycles. The topological polar surface area (TPSA) is 43.3 Å². The van der Waals surface area contributed by atoms with Gasteiger partial charge in [0.2, 0.25) is 0 Å². The van der Waals surface area contributed by atoms with Gasteiger partial charge in [0.1, 0.15) is 0 Å². The number of hydrogen-bond acceptors (Lipinski definition) is 4. The minimum absolute atomic E-state index is 0.267. The molecule has 1 aromatic rings. The minimum Gasteiger partial charge on any atom is -0.373 e. The van der Waals surface area contributed by atoms with Gasteiger partial charge in [-0.1, -0.05) is 44.2 Å². The summed E-state index contributed by atoms with van der Waals surface area (Å²) in [7, 11) is 1.88. The van der Waals surface area contributed by atoms with Gasteiger partial charge >= 0.3 is 0 Å². The number of ether oxygens (including phenoxy) is 1. The molecule has 2 aliphatic rings. The quantitative estimate of drug-likeness (QED) is 0.579. The Balaban J connectivity index is 1.56. The third kappa shape index (κ3) is 5.21. The molecular weight excluding hydrogens is 338 g/mol. The van der Waals surface area contributed by atoms with E-state index >= 15 is 0 Å². The molecule has 1 N–H and O–H groups in total. The van der Waals surface area contributed by atoms with Crippen molar-refractivity contribution in [2.45, 2.75) is 32.5 Å². The van der Waals surface area contributed by atoms with Crippen molar-refractivity contribution in [3.63, 3.8) is 0 Å². The number of benzene rings is 1. The molecule has 0 spiro atoms. The normalized spacial score (nSPS) is 23.7. The minimum atomic E-state index is 0.267. The maximum absolute atomic E-state index is 6.10. The Morgan fingerprint density at radius 3 is 2.70 bits per heavy atom. The zero-order chi connectivity index (χ0) is 19.1. The lowest BCUT2D eigenvalue weighted by atomic mass is 10.1. The predicted molar refractivity (Wildman–Crippen MR) is 111 cm³/mol. The van der Waals surface area contributed by atoms with Crippen LogP contribution >= 0.6 is 0 Å². The first-order chi connectivity index (χ1) is 13.2. The number of guanidine groups is 1. The van der Waals surface area contributed by atoms with Crippen LogP contribution in [0.2, 0.25) is 0 Å². The van der Waals surface area contributed by atoms with Gasteiger partial charge in [-0.3, -0.25) is 9.89 Å². The van der Waals surface area contributed by atoms with Crippen molar-refractivity contribution in [1.82, 2.24) is 20.0 Å². The van der Waals surface area contributed by atoms with Crippen molar-refractivity contribution >= 4 is 5.96 Å². The van der Waals surface area contributed by atoms with Gasteiger partial charge in [0.25, 0.3) is 0 Å². The lowest BCUT2D eigenvalue weighted by Gasteiger charge is -2.36. The lowest BCUT2D eigenvalue weighted by Crippen LogP contribution is -2.50. The number of aliphatic imine (C=N–C) groups is 1. The van der Waals surface area contributed by atoms with Crippen LogP contribution in [0.3, 0.4) is 0 Å². The van der Waals surface area contributed by atoms with E-state index in [1.54, 1.807) is 0 Å². The highest BCUT2D eigenvalue weighted by molar-refractivity contribution is 5.80. The van der Waals surface area contributed by atoms with Crippen molar-refractivity contribution in [2.24, 2.45) is 4.99 Å². The Kier molecular flexibility index (Phi) is 7.50. The van der Waals surface area contributed by atoms with Crippen LogP contribution in [0.15, 0.2) is 35.3 Å². The molecule has 2 fully saturated rings. The predicted octanol–water partition coefficient (Wildman–Crippen LogP) is 1.49. The second-order valence-corrected chi connectivity index (χ2v) is 7.34. The molecule has 2 atom stereocenters. The molecule has 3 rings (SSSR count). The third-order valence-electron chi connectivity index (χ3n) is 5.76. The number of likely N-dealkylation sites (N-methyl/N-ethyl adjacent to an activating group) is 1. The number of rotatable bonds is 7. The number of hydrogen-bond donors (Lipinski definition) is 1. The third-order valence-corrected chi connectivity index (χ3v) is 5.76. The Bertz CT molecular complexity index is 589. The van der Waals surface area contributed by atoms with E-state index in [1.807, 2.05) is 7.05 Å². The molecule has 2 saturated heterocycles. The van der Waals surface area contributed by atoms with E-state index in [1.165, 1.54) is 5.56 Å². The van der Waals surface area contributed by atoms with Crippen molar-refractivity contribution < 1.29 is 4.74 Å². The summed E-state index contributed by atoms with van der Waals surface area (Å²) in [6.45, 7) is 13.3. The summed E-state index contributed by atoms with van der Waals surface area (Å²) < 4.78 is 6.10. The van der Waals surface area contributed by atoms with Crippen LogP contribution in [0, 0.1) is 0 Å². The average molecular weight is 374 g/mol. The summed E-state index contributed by atoms with van der Waals surface area (Å²) in [4.78, 5) is 11.9. The van der Waals surface area contributed by atoms with Crippen LogP contribution in [-0.4, -0.2) is 92.3 Å². The fraction of sp³-hybridized carbons (Fsp3) is 0.667. The second kappa shape index (κ2) is 10.1. The largest absolute Gasteiger partial charge is 0.373 e. The van der Waals surface area contributed by atoms with Crippen LogP contribution in [0.4, 0.5) is 0 Å². The number of fused-ring (bicyclic) bond motifs is 1. The zero-order valence-corrected chi connectivity index (χ0v) is 17.1. The molecule has 2 heterocycles. The first-order valence-electron chi connectivity index (χ1n) is 10.3. The Hall–Kier alpha value is -1.63. The van der Waals surface area contributed by atoms with Crippen molar-refractivity contribution in [3.8, 4) is 0 Å². The highest BCUT2D eigenvalue weighted by Gasteiger charge is 2.41. The van der Waals surface area contributed by atoms with Gasteiger partial charge in [-0.15, -0.1) is 0 Å². The van der Waals surface area contributed by atoms with Gasteiger partial charge in [-0.05, 0) is 18.7 Å². The molecule has 2 aliphatic heterocycles. The van der Waals surface area contributed by atoms with Crippen molar-refractivity contribution in [2.75, 3.05) is 59.5 Å². The first-order valence-corrected chi connectivity index (χ1v) is 10.3. The Labute approximate surface area is 164 Å². The van der Waals surface area contributed by atoms with Crippen LogP contribution in [0.1, 0.15) is 19.4 Å². The lowest BCUT2D eigenvalue weighted by molar-refractivity contribution is -0.0502. The first kappa shape index (κ1) is 20.1. The van der Waals surface area contributed by atoms with Crippen LogP contribution in [-0.2, 0) is 11.3 Å². The SMILES string of the molecule is CCN(CC)CCNC(=NC)N1CC2OCCN(Cc3ccccc3)C2C1. The molecule has 0 amide bonds. The van der Waals surface area contributed by atoms with E-state index in [4.69, 9.17) is 4.74 Å². The molecule has 0 saturated carbocycles. The number of morpholine rings is 1. The van der Waals surface area contributed by atoms with Gasteiger partial charge in [-0.2, -0.15) is 0 Å². The fourth-order valence-electron chi connectivity index (χ4n) is 4.14. The number of nitrogens with zero attached hydrogens (tertiary/aromatic N) is 4. The summed E-state index contributed by atoms with van der Waals surface area (Å²) in [6, 6.07) is 11.2. The summed E-state index contributed by atoms with van der Waals surface area (Å²) in [6.07, 6.45) is 0.267. The maximum Gasteiger partial charge on any atom is 0.193 e. The zero-order valence-electron chi connectivity index (χ0n) is 17.1. The van der Waals surface area contributed by atoms with Crippen molar-refractivity contribution in [3.05, 3.63) is 35.9 Å². The summed E-state index contributed by atoms with van der Waals surface area (Å²) >= 11 is 0. The van der Waals surface area contributed by atoms with E-state index in [-0.39, 0.29) is 6.10 Å². The molecule has 6 heteroatoms. The molecule has 150 valence electrons. The van der Waals surface area contributed by atoms with Crippen LogP contribution in [0.5, 0.6) is 0 Å². The van der Waals surface area contributed by atoms with E-state index in [0.29, 0.717) is 6.04 Å². The Morgan fingerprint density at radius 1 is 1.22 bits per heavy atom. The van der Waals surface area contributed by atoms with Crippen molar-refractivity contribution in [1.29, 1.82) is 0 Å². The fourth-order valence-corrected chi connectivity index (χ4v) is 4.14. The number of likely N-dealkylation sites (tertiary alicyclic amines) is 1. The van der Waals surface area contributed by atoms with Gasteiger partial charge in [-0.25, -0.2) is 0 Å². The second-order valence-electron chi connectivity index (χ2n) is 7.34. The monoisotopic (exact) mass is 373 g/mol. The molecule has 0 bridgehead atoms. The molecule has 2 unspecified atom stereocenters.